The van der Waals surface area contributed by atoms with Crippen molar-refractivity contribution in [3.63, 3.8) is 0 Å². The molecule has 5 aromatic rings. The molecule has 1 aliphatic heterocycles. The van der Waals surface area contributed by atoms with E-state index in [0.29, 0.717) is 43.0 Å². The second-order valence-electron chi connectivity index (χ2n) is 9.10. The summed E-state index contributed by atoms with van der Waals surface area (Å²) in [6.45, 7) is 1.42. The van der Waals surface area contributed by atoms with Crippen LogP contribution in [-0.2, 0) is 19.6 Å². The number of anilines is 1. The zero-order valence-electron chi connectivity index (χ0n) is 21.4. The number of aromatic amines is 1. The van der Waals surface area contributed by atoms with Gasteiger partial charge in [-0.05, 0) is 42.5 Å². The number of ether oxygens (including phenoxy) is 1. The number of hydrogen-bond donors (Lipinski definition) is 2. The number of amides is 1. The molecule has 3 heterocycles. The minimum absolute atomic E-state index is 0.0900. The molecule has 1 amide bonds. The minimum atomic E-state index is -3.60. The lowest BCUT2D eigenvalue weighted by Gasteiger charge is -2.26. The van der Waals surface area contributed by atoms with Crippen molar-refractivity contribution in [3.8, 4) is 17.1 Å². The number of hydrogen-bond acceptors (Lipinski definition) is 7. The molecule has 40 heavy (non-hydrogen) atoms. The van der Waals surface area contributed by atoms with Crippen LogP contribution in [0.2, 0.25) is 0 Å². The summed E-state index contributed by atoms with van der Waals surface area (Å²) < 4.78 is 34.3. The number of nitrogens with one attached hydrogen (secondary N) is 2. The van der Waals surface area contributed by atoms with E-state index in [4.69, 9.17) is 4.74 Å². The number of thioether (sulfide) groups is 1. The van der Waals surface area contributed by atoms with E-state index in [1.807, 2.05) is 65.4 Å². The molecule has 0 unspecified atom stereocenters. The first-order valence-corrected chi connectivity index (χ1v) is 15.1. The van der Waals surface area contributed by atoms with Crippen LogP contribution in [0.1, 0.15) is 0 Å². The van der Waals surface area contributed by atoms with Gasteiger partial charge in [0.2, 0.25) is 15.9 Å². The van der Waals surface area contributed by atoms with E-state index in [1.54, 1.807) is 12.1 Å². The first-order chi connectivity index (χ1) is 19.5. The Bertz CT molecular complexity index is 1740. The Kier molecular flexibility index (Phi) is 7.39. The predicted octanol–water partition coefficient (Wildman–Crippen LogP) is 4.17. The van der Waals surface area contributed by atoms with Crippen molar-refractivity contribution in [1.29, 1.82) is 0 Å². The fraction of sp³-hybridized carbons (Fsp3) is 0.179. The molecule has 204 valence electrons. The van der Waals surface area contributed by atoms with E-state index >= 15 is 0 Å². The molecule has 10 nitrogen and oxygen atoms in total. The molecule has 1 aliphatic rings. The van der Waals surface area contributed by atoms with Gasteiger partial charge in [0.15, 0.2) is 11.0 Å². The van der Waals surface area contributed by atoms with Crippen LogP contribution in [0.4, 0.5) is 5.69 Å². The summed E-state index contributed by atoms with van der Waals surface area (Å²) in [4.78, 5) is 16.3. The van der Waals surface area contributed by atoms with Crippen molar-refractivity contribution >= 4 is 44.3 Å². The first-order valence-electron chi connectivity index (χ1n) is 12.7. The molecule has 1 fully saturated rings. The summed E-state index contributed by atoms with van der Waals surface area (Å²) in [7, 11) is -3.60. The topological polar surface area (TPSA) is 122 Å². The highest BCUT2D eigenvalue weighted by Crippen LogP contribution is 2.32. The van der Waals surface area contributed by atoms with Crippen LogP contribution in [0, 0.1) is 0 Å². The zero-order chi connectivity index (χ0) is 27.5. The third-order valence-electron chi connectivity index (χ3n) is 6.56. The largest absolute Gasteiger partial charge is 0.379 e. The third kappa shape index (κ3) is 5.26. The van der Waals surface area contributed by atoms with Gasteiger partial charge < -0.3 is 15.0 Å². The van der Waals surface area contributed by atoms with Crippen molar-refractivity contribution in [3.05, 3.63) is 85.1 Å². The van der Waals surface area contributed by atoms with Gasteiger partial charge in [0, 0.05) is 47.1 Å². The summed E-state index contributed by atoms with van der Waals surface area (Å²) in [6, 6.07) is 24.0. The fourth-order valence-corrected chi connectivity index (χ4v) is 6.74. The van der Waals surface area contributed by atoms with Crippen LogP contribution in [-0.4, -0.2) is 70.4 Å². The molecule has 0 atom stereocenters. The Balaban J connectivity index is 1.18. The van der Waals surface area contributed by atoms with Gasteiger partial charge in [0.05, 0.1) is 23.9 Å². The van der Waals surface area contributed by atoms with Gasteiger partial charge in [0.25, 0.3) is 0 Å². The van der Waals surface area contributed by atoms with Crippen molar-refractivity contribution in [2.45, 2.75) is 10.1 Å². The molecule has 1 saturated heterocycles. The Morgan fingerprint density at radius 1 is 0.950 bits per heavy atom. The van der Waals surface area contributed by atoms with Crippen LogP contribution >= 0.6 is 11.8 Å². The van der Waals surface area contributed by atoms with Crippen LogP contribution < -0.4 is 5.32 Å². The van der Waals surface area contributed by atoms with E-state index < -0.39 is 10.0 Å². The summed E-state index contributed by atoms with van der Waals surface area (Å²) in [5.74, 6) is 0.515. The summed E-state index contributed by atoms with van der Waals surface area (Å²) in [6.07, 6.45) is 1.91. The van der Waals surface area contributed by atoms with Gasteiger partial charge in [-0.1, -0.05) is 48.2 Å². The monoisotopic (exact) mass is 574 g/mol. The Labute approximate surface area is 235 Å². The molecule has 2 aromatic heterocycles. The van der Waals surface area contributed by atoms with Crippen molar-refractivity contribution in [2.75, 3.05) is 37.4 Å². The van der Waals surface area contributed by atoms with Gasteiger partial charge in [-0.3, -0.25) is 9.36 Å². The highest BCUT2D eigenvalue weighted by Gasteiger charge is 2.26. The van der Waals surface area contributed by atoms with E-state index in [0.717, 1.165) is 22.2 Å². The molecule has 0 bridgehead atoms. The number of rotatable bonds is 8. The molecule has 6 rings (SSSR count). The van der Waals surface area contributed by atoms with Crippen molar-refractivity contribution < 1.29 is 17.9 Å². The molecule has 0 aliphatic carbocycles. The normalized spacial score (nSPS) is 14.4. The Morgan fingerprint density at radius 2 is 1.68 bits per heavy atom. The number of carbonyl (C=O) groups is 1. The lowest BCUT2D eigenvalue weighted by Crippen LogP contribution is -2.40. The second kappa shape index (κ2) is 11.3. The lowest BCUT2D eigenvalue weighted by atomic mass is 10.1. The molecule has 2 N–H and O–H groups in total. The standard InChI is InChI=1S/C28H26N6O4S2/c35-26(30-20-10-12-22(13-11-20)40(36,37)33-14-16-38-17-15-33)19-39-28-32-31-27(34(28)21-6-2-1-3-7-21)24-18-29-25-9-5-4-8-23(24)25/h1-13,18,29H,14-17,19H2,(H,30,35). The predicted molar refractivity (Wildman–Crippen MR) is 154 cm³/mol. The number of aromatic nitrogens is 4. The van der Waals surface area contributed by atoms with Gasteiger partial charge in [-0.15, -0.1) is 10.2 Å². The molecule has 0 saturated carbocycles. The van der Waals surface area contributed by atoms with Crippen LogP contribution in [0.5, 0.6) is 0 Å². The van der Waals surface area contributed by atoms with Gasteiger partial charge in [-0.2, -0.15) is 4.31 Å². The first kappa shape index (κ1) is 26.3. The summed E-state index contributed by atoms with van der Waals surface area (Å²) >= 11 is 1.27. The number of nitrogens with zero attached hydrogens (tertiary/aromatic N) is 4. The zero-order valence-corrected chi connectivity index (χ0v) is 23.0. The van der Waals surface area contributed by atoms with Gasteiger partial charge >= 0.3 is 0 Å². The fourth-order valence-electron chi connectivity index (χ4n) is 4.58. The van der Waals surface area contributed by atoms with Crippen molar-refractivity contribution in [1.82, 2.24) is 24.1 Å². The van der Waals surface area contributed by atoms with Gasteiger partial charge in [0.1, 0.15) is 0 Å². The number of fused-ring (bicyclic) bond motifs is 1. The Morgan fingerprint density at radius 3 is 2.45 bits per heavy atom. The number of carbonyl (C=O) groups excluding carboxylic acids is 1. The number of para-hydroxylation sites is 2. The molecule has 12 heteroatoms. The summed E-state index contributed by atoms with van der Waals surface area (Å²) in [5.41, 5.74) is 3.30. The van der Waals surface area contributed by atoms with Crippen LogP contribution in [0.3, 0.4) is 0 Å². The maximum Gasteiger partial charge on any atom is 0.243 e. The van der Waals surface area contributed by atoms with E-state index in [1.165, 1.54) is 28.2 Å². The average molecular weight is 575 g/mol. The Hall–Kier alpha value is -3.97. The van der Waals surface area contributed by atoms with Crippen LogP contribution in [0.25, 0.3) is 28.0 Å². The van der Waals surface area contributed by atoms with Crippen molar-refractivity contribution in [2.24, 2.45) is 0 Å². The maximum atomic E-state index is 12.9. The lowest BCUT2D eigenvalue weighted by molar-refractivity contribution is -0.113. The maximum absolute atomic E-state index is 12.9. The average Bonchev–Trinajstić information content (AvgIpc) is 3.61. The SMILES string of the molecule is O=C(CSc1nnc(-c2c[nH]c3ccccc23)n1-c1ccccc1)Nc1ccc(S(=O)(=O)N2CCOCC2)cc1. The molecule has 0 radical (unpaired) electrons. The summed E-state index contributed by atoms with van der Waals surface area (Å²) in [5, 5.41) is 13.4. The van der Waals surface area contributed by atoms with Crippen LogP contribution in [0.15, 0.2) is 95.1 Å². The highest BCUT2D eigenvalue weighted by atomic mass is 32.2. The minimum Gasteiger partial charge on any atom is -0.379 e. The molecular formula is C28H26N6O4S2. The molecule has 3 aromatic carbocycles. The molecular weight excluding hydrogens is 548 g/mol. The number of H-pyrrole nitrogens is 1. The number of sulfonamides is 1. The molecule has 0 spiro atoms. The number of benzene rings is 3. The van der Waals surface area contributed by atoms with E-state index in [-0.39, 0.29) is 16.6 Å². The second-order valence-corrected chi connectivity index (χ2v) is 12.0. The van der Waals surface area contributed by atoms with E-state index in [9.17, 15) is 13.2 Å². The highest BCUT2D eigenvalue weighted by molar-refractivity contribution is 7.99. The van der Waals surface area contributed by atoms with E-state index in [2.05, 4.69) is 20.5 Å². The quantitative estimate of drug-likeness (QED) is 0.267. The third-order valence-corrected chi connectivity index (χ3v) is 9.40. The smallest absolute Gasteiger partial charge is 0.243 e. The number of morpholine rings is 1. The van der Waals surface area contributed by atoms with Gasteiger partial charge in [-0.25, -0.2) is 8.42 Å².